The fourth-order valence-electron chi connectivity index (χ4n) is 3.83. The second kappa shape index (κ2) is 10.5. The molecule has 0 spiro atoms. The molecule has 176 valence electrons. The van der Waals surface area contributed by atoms with Crippen molar-refractivity contribution >= 4 is 23.5 Å². The summed E-state index contributed by atoms with van der Waals surface area (Å²) in [5.41, 5.74) is 0.272. The van der Waals surface area contributed by atoms with Crippen LogP contribution < -0.4 is 10.6 Å². The van der Waals surface area contributed by atoms with Gasteiger partial charge in [-0.3, -0.25) is 14.4 Å². The Kier molecular flexibility index (Phi) is 7.73. The summed E-state index contributed by atoms with van der Waals surface area (Å²) >= 11 is 0. The molecule has 3 rings (SSSR count). The van der Waals surface area contributed by atoms with Crippen molar-refractivity contribution in [2.45, 2.75) is 39.7 Å². The molecule has 2 aromatic rings. The lowest BCUT2D eigenvalue weighted by atomic mass is 9.94. The van der Waals surface area contributed by atoms with Gasteiger partial charge < -0.3 is 15.5 Å². The molecule has 1 aliphatic heterocycles. The molecule has 2 heterocycles. The Morgan fingerprint density at radius 2 is 1.73 bits per heavy atom. The minimum absolute atomic E-state index is 0.149. The third-order valence-corrected chi connectivity index (χ3v) is 5.75. The standard InChI is InChI=1S/C24H28F2N4O3/c1-14(2)21(29-23(32)20-17(25)5-4-6-18(20)26)24(33)30-11-8-16(9-12-30)22(31)28-19-13-15(3)7-10-27-19/h4-7,10,13-14,16,21H,8-9,11-12H2,1-3H3,(H,29,32)(H,27,28,31)/t21-/m0/s1. The van der Waals surface area contributed by atoms with Crippen molar-refractivity contribution < 1.29 is 23.2 Å². The molecule has 2 N–H and O–H groups in total. The van der Waals surface area contributed by atoms with Gasteiger partial charge in [0.15, 0.2) is 0 Å². The number of halogens is 2. The van der Waals surface area contributed by atoms with E-state index in [2.05, 4.69) is 15.6 Å². The van der Waals surface area contributed by atoms with Crippen LogP contribution in [0.15, 0.2) is 36.5 Å². The molecule has 0 aliphatic carbocycles. The first kappa shape index (κ1) is 24.3. The van der Waals surface area contributed by atoms with Crippen LogP contribution in [0, 0.1) is 30.4 Å². The molecule has 7 nitrogen and oxygen atoms in total. The number of anilines is 1. The Labute approximate surface area is 191 Å². The quantitative estimate of drug-likeness (QED) is 0.695. The van der Waals surface area contributed by atoms with Crippen molar-refractivity contribution in [1.82, 2.24) is 15.2 Å². The summed E-state index contributed by atoms with van der Waals surface area (Å²) in [6.45, 7) is 6.08. The van der Waals surface area contributed by atoms with E-state index >= 15 is 0 Å². The molecule has 1 saturated heterocycles. The minimum atomic E-state index is -0.989. The van der Waals surface area contributed by atoms with Gasteiger partial charge in [-0.2, -0.15) is 0 Å². The Hall–Kier alpha value is -3.36. The van der Waals surface area contributed by atoms with Crippen molar-refractivity contribution in [1.29, 1.82) is 0 Å². The summed E-state index contributed by atoms with van der Waals surface area (Å²) in [5.74, 6) is -3.52. The third-order valence-electron chi connectivity index (χ3n) is 5.75. The first-order chi connectivity index (χ1) is 15.7. The molecule has 0 saturated carbocycles. The Bertz CT molecular complexity index is 1020. The van der Waals surface area contributed by atoms with Crippen molar-refractivity contribution in [3.05, 3.63) is 59.3 Å². The van der Waals surface area contributed by atoms with Crippen LogP contribution in [-0.2, 0) is 9.59 Å². The van der Waals surface area contributed by atoms with E-state index in [0.717, 1.165) is 17.7 Å². The number of nitrogens with one attached hydrogen (secondary N) is 2. The molecular formula is C24H28F2N4O3. The maximum Gasteiger partial charge on any atom is 0.257 e. The van der Waals surface area contributed by atoms with E-state index in [1.807, 2.05) is 13.0 Å². The molecule has 1 fully saturated rings. The Morgan fingerprint density at radius 1 is 1.09 bits per heavy atom. The van der Waals surface area contributed by atoms with E-state index in [1.165, 1.54) is 6.07 Å². The van der Waals surface area contributed by atoms with Crippen LogP contribution in [0.3, 0.4) is 0 Å². The van der Waals surface area contributed by atoms with Crippen molar-refractivity contribution in [2.75, 3.05) is 18.4 Å². The topological polar surface area (TPSA) is 91.4 Å². The number of likely N-dealkylation sites (tertiary alicyclic amines) is 1. The van der Waals surface area contributed by atoms with E-state index < -0.39 is 29.1 Å². The molecule has 9 heteroatoms. The van der Waals surface area contributed by atoms with Gasteiger partial charge in [-0.05, 0) is 55.5 Å². The number of piperidine rings is 1. The van der Waals surface area contributed by atoms with Crippen LogP contribution in [0.4, 0.5) is 14.6 Å². The van der Waals surface area contributed by atoms with Crippen LogP contribution in [0.25, 0.3) is 0 Å². The second-order valence-electron chi connectivity index (χ2n) is 8.60. The van der Waals surface area contributed by atoms with E-state index in [0.29, 0.717) is 31.7 Å². The summed E-state index contributed by atoms with van der Waals surface area (Å²) < 4.78 is 27.9. The lowest BCUT2D eigenvalue weighted by Gasteiger charge is -2.35. The first-order valence-electron chi connectivity index (χ1n) is 10.9. The van der Waals surface area contributed by atoms with Crippen LogP contribution in [0.1, 0.15) is 42.6 Å². The van der Waals surface area contributed by atoms with Gasteiger partial charge in [0.25, 0.3) is 5.91 Å². The number of hydrogen-bond acceptors (Lipinski definition) is 4. The zero-order chi connectivity index (χ0) is 24.1. The highest BCUT2D eigenvalue weighted by atomic mass is 19.1. The number of carbonyl (C=O) groups excluding carboxylic acids is 3. The van der Waals surface area contributed by atoms with Crippen molar-refractivity contribution in [3.8, 4) is 0 Å². The fraction of sp³-hybridized carbons (Fsp3) is 0.417. The van der Waals surface area contributed by atoms with Gasteiger partial charge in [0.2, 0.25) is 11.8 Å². The summed E-state index contributed by atoms with van der Waals surface area (Å²) in [4.78, 5) is 43.9. The molecule has 1 aromatic heterocycles. The van der Waals surface area contributed by atoms with Gasteiger partial charge in [0.1, 0.15) is 29.1 Å². The number of benzene rings is 1. The maximum absolute atomic E-state index is 14.0. The number of nitrogens with zero attached hydrogens (tertiary/aromatic N) is 2. The average Bonchev–Trinajstić information content (AvgIpc) is 2.77. The smallest absolute Gasteiger partial charge is 0.257 e. The number of hydrogen-bond donors (Lipinski definition) is 2. The van der Waals surface area contributed by atoms with Crippen LogP contribution in [-0.4, -0.2) is 46.7 Å². The first-order valence-corrected chi connectivity index (χ1v) is 10.9. The normalized spacial score (nSPS) is 15.3. The number of rotatable bonds is 6. The molecule has 0 radical (unpaired) electrons. The lowest BCUT2D eigenvalue weighted by Crippen LogP contribution is -2.53. The zero-order valence-electron chi connectivity index (χ0n) is 18.9. The Balaban J connectivity index is 1.60. The highest BCUT2D eigenvalue weighted by Crippen LogP contribution is 2.21. The number of carbonyl (C=O) groups is 3. The van der Waals surface area contributed by atoms with Gasteiger partial charge in [-0.15, -0.1) is 0 Å². The minimum Gasteiger partial charge on any atom is -0.341 e. The number of amides is 3. The molecule has 1 atom stereocenters. The predicted octanol–water partition coefficient (Wildman–Crippen LogP) is 3.30. The predicted molar refractivity (Wildman–Crippen MR) is 119 cm³/mol. The zero-order valence-corrected chi connectivity index (χ0v) is 18.9. The highest BCUT2D eigenvalue weighted by Gasteiger charge is 2.34. The van der Waals surface area contributed by atoms with Gasteiger partial charge in [0, 0.05) is 25.2 Å². The molecule has 1 aliphatic rings. The second-order valence-corrected chi connectivity index (χ2v) is 8.60. The maximum atomic E-state index is 14.0. The Morgan fingerprint density at radius 3 is 2.30 bits per heavy atom. The fourth-order valence-corrected chi connectivity index (χ4v) is 3.83. The van der Waals surface area contributed by atoms with Crippen LogP contribution in [0.2, 0.25) is 0 Å². The lowest BCUT2D eigenvalue weighted by molar-refractivity contribution is -0.137. The molecular weight excluding hydrogens is 430 g/mol. The van der Waals surface area contributed by atoms with Crippen LogP contribution >= 0.6 is 0 Å². The molecule has 0 unspecified atom stereocenters. The summed E-state index contributed by atoms with van der Waals surface area (Å²) in [6.07, 6.45) is 2.55. The van der Waals surface area contributed by atoms with Gasteiger partial charge >= 0.3 is 0 Å². The number of aromatic nitrogens is 1. The van der Waals surface area contributed by atoms with E-state index in [-0.39, 0.29) is 23.7 Å². The van der Waals surface area contributed by atoms with E-state index in [4.69, 9.17) is 0 Å². The van der Waals surface area contributed by atoms with Crippen molar-refractivity contribution in [2.24, 2.45) is 11.8 Å². The summed E-state index contributed by atoms with van der Waals surface area (Å²) in [5, 5.41) is 5.30. The van der Waals surface area contributed by atoms with E-state index in [1.54, 1.807) is 31.0 Å². The number of pyridine rings is 1. The van der Waals surface area contributed by atoms with Gasteiger partial charge in [-0.1, -0.05) is 19.9 Å². The SMILES string of the molecule is Cc1ccnc(NC(=O)C2CCN(C(=O)[C@@H](NC(=O)c3c(F)cccc3F)C(C)C)CC2)c1. The summed E-state index contributed by atoms with van der Waals surface area (Å²) in [6, 6.07) is 5.83. The molecule has 3 amide bonds. The van der Waals surface area contributed by atoms with E-state index in [9.17, 15) is 23.2 Å². The van der Waals surface area contributed by atoms with Crippen LogP contribution in [0.5, 0.6) is 0 Å². The summed E-state index contributed by atoms with van der Waals surface area (Å²) in [7, 11) is 0. The monoisotopic (exact) mass is 458 g/mol. The third kappa shape index (κ3) is 5.91. The highest BCUT2D eigenvalue weighted by molar-refractivity contribution is 5.98. The van der Waals surface area contributed by atoms with Gasteiger partial charge in [-0.25, -0.2) is 13.8 Å². The van der Waals surface area contributed by atoms with Gasteiger partial charge in [0.05, 0.1) is 0 Å². The number of aryl methyl sites for hydroxylation is 1. The largest absolute Gasteiger partial charge is 0.341 e. The molecule has 1 aromatic carbocycles. The van der Waals surface area contributed by atoms with Crippen molar-refractivity contribution in [3.63, 3.8) is 0 Å². The average molecular weight is 459 g/mol. The molecule has 33 heavy (non-hydrogen) atoms. The molecule has 0 bridgehead atoms.